The highest BCUT2D eigenvalue weighted by atomic mass is 32.1. The molecule has 1 N–H and O–H groups in total. The van der Waals surface area contributed by atoms with Gasteiger partial charge in [0.25, 0.3) is 0 Å². The lowest BCUT2D eigenvalue weighted by atomic mass is 10.0. The lowest BCUT2D eigenvalue weighted by Crippen LogP contribution is -1.91. The van der Waals surface area contributed by atoms with E-state index in [9.17, 15) is 0 Å². The van der Waals surface area contributed by atoms with Crippen LogP contribution in [0.15, 0.2) is 114 Å². The molecule has 0 spiro atoms. The van der Waals surface area contributed by atoms with Gasteiger partial charge in [-0.05, 0) is 42.0 Å². The summed E-state index contributed by atoms with van der Waals surface area (Å²) in [5, 5.41) is 8.55. The van der Waals surface area contributed by atoms with Gasteiger partial charge in [-0.25, -0.2) is 0 Å². The van der Waals surface area contributed by atoms with E-state index in [0.29, 0.717) is 0 Å². The van der Waals surface area contributed by atoms with E-state index in [-0.39, 0.29) is 0 Å². The summed E-state index contributed by atoms with van der Waals surface area (Å²) >= 11 is 1.84. The molecule has 0 aliphatic heterocycles. The van der Waals surface area contributed by atoms with Crippen LogP contribution in [-0.4, -0.2) is 0 Å². The van der Waals surface area contributed by atoms with E-state index in [1.807, 2.05) is 29.5 Å². The van der Waals surface area contributed by atoms with Crippen LogP contribution < -0.4 is 5.32 Å². The van der Waals surface area contributed by atoms with Crippen LogP contribution in [0.2, 0.25) is 0 Å². The van der Waals surface area contributed by atoms with Crippen LogP contribution in [0.1, 0.15) is 0 Å². The SMILES string of the molecule is c1ccc(-c2ccc(Nc3ccc4c(c3)sc3ccccc34)c3c2oc2ccccc23)cc1. The standard InChI is InChI=1S/C30H19NOS/c1-2-8-19(9-3-1)21-16-17-25(29-24-11-4-6-12-26(24)32-30(21)29)31-20-14-15-23-22-10-5-7-13-27(22)33-28(23)18-20/h1-18,31H. The molecule has 0 saturated carbocycles. The number of para-hydroxylation sites is 1. The second kappa shape index (κ2) is 7.22. The molecule has 156 valence electrons. The Bertz CT molecular complexity index is 1790. The Morgan fingerprint density at radius 3 is 2.27 bits per heavy atom. The molecule has 0 amide bonds. The number of thiophene rings is 1. The maximum absolute atomic E-state index is 6.39. The van der Waals surface area contributed by atoms with Crippen molar-refractivity contribution in [1.29, 1.82) is 0 Å². The molecule has 0 aliphatic rings. The van der Waals surface area contributed by atoms with E-state index in [1.54, 1.807) is 0 Å². The van der Waals surface area contributed by atoms with E-state index in [4.69, 9.17) is 4.42 Å². The summed E-state index contributed by atoms with van der Waals surface area (Å²) < 4.78 is 9.00. The fraction of sp³-hybridized carbons (Fsp3) is 0. The first-order valence-corrected chi connectivity index (χ1v) is 11.8. The van der Waals surface area contributed by atoms with Crippen molar-refractivity contribution < 1.29 is 4.42 Å². The molecule has 0 bridgehead atoms. The van der Waals surface area contributed by atoms with E-state index < -0.39 is 0 Å². The highest BCUT2D eigenvalue weighted by Crippen LogP contribution is 2.42. The van der Waals surface area contributed by atoms with Gasteiger partial charge >= 0.3 is 0 Å². The van der Waals surface area contributed by atoms with Crippen LogP contribution in [0.5, 0.6) is 0 Å². The molecule has 0 atom stereocenters. The van der Waals surface area contributed by atoms with Crippen LogP contribution in [-0.2, 0) is 0 Å². The van der Waals surface area contributed by atoms with Crippen molar-refractivity contribution in [2.24, 2.45) is 0 Å². The average Bonchev–Trinajstić information content (AvgIpc) is 3.43. The topological polar surface area (TPSA) is 25.2 Å². The molecule has 0 saturated heterocycles. The Balaban J connectivity index is 1.41. The minimum absolute atomic E-state index is 0.902. The van der Waals surface area contributed by atoms with Gasteiger partial charge in [-0.3, -0.25) is 0 Å². The van der Waals surface area contributed by atoms with Crippen molar-refractivity contribution in [3.8, 4) is 11.1 Å². The maximum Gasteiger partial charge on any atom is 0.145 e. The lowest BCUT2D eigenvalue weighted by Gasteiger charge is -2.11. The van der Waals surface area contributed by atoms with Gasteiger partial charge in [0.05, 0.1) is 11.1 Å². The zero-order chi connectivity index (χ0) is 21.8. The normalized spacial score (nSPS) is 11.6. The van der Waals surface area contributed by atoms with Crippen molar-refractivity contribution in [3.05, 3.63) is 109 Å². The monoisotopic (exact) mass is 441 g/mol. The third-order valence-corrected chi connectivity index (χ3v) is 7.40. The van der Waals surface area contributed by atoms with Crippen molar-refractivity contribution in [2.45, 2.75) is 0 Å². The average molecular weight is 442 g/mol. The molecule has 2 nitrogen and oxygen atoms in total. The number of rotatable bonds is 3. The number of furan rings is 1. The largest absolute Gasteiger partial charge is 0.455 e. The molecule has 0 radical (unpaired) electrons. The number of nitrogens with one attached hydrogen (secondary N) is 1. The summed E-state index contributed by atoms with van der Waals surface area (Å²) in [6.07, 6.45) is 0. The fourth-order valence-electron chi connectivity index (χ4n) is 4.74. The van der Waals surface area contributed by atoms with Crippen LogP contribution in [0.3, 0.4) is 0 Å². The first-order valence-electron chi connectivity index (χ1n) is 11.0. The van der Waals surface area contributed by atoms with Crippen molar-refractivity contribution in [3.63, 3.8) is 0 Å². The molecule has 7 aromatic rings. The van der Waals surface area contributed by atoms with E-state index in [1.165, 1.54) is 20.2 Å². The van der Waals surface area contributed by atoms with Crippen molar-refractivity contribution in [1.82, 2.24) is 0 Å². The van der Waals surface area contributed by atoms with E-state index >= 15 is 0 Å². The maximum atomic E-state index is 6.39. The van der Waals surface area contributed by atoms with Gasteiger partial charge in [-0.1, -0.05) is 72.8 Å². The first-order chi connectivity index (χ1) is 16.3. The quantitative estimate of drug-likeness (QED) is 0.295. The third-order valence-electron chi connectivity index (χ3n) is 6.27. The summed E-state index contributed by atoms with van der Waals surface area (Å²) in [4.78, 5) is 0. The minimum Gasteiger partial charge on any atom is -0.455 e. The molecule has 7 rings (SSSR count). The summed E-state index contributed by atoms with van der Waals surface area (Å²) in [7, 11) is 0. The third kappa shape index (κ3) is 2.94. The van der Waals surface area contributed by atoms with Crippen LogP contribution in [0, 0.1) is 0 Å². The summed E-state index contributed by atoms with van der Waals surface area (Å²) in [6.45, 7) is 0. The van der Waals surface area contributed by atoms with Crippen molar-refractivity contribution in [2.75, 3.05) is 5.32 Å². The van der Waals surface area contributed by atoms with Gasteiger partial charge in [0.1, 0.15) is 11.2 Å². The molecule has 0 unspecified atom stereocenters. The number of benzene rings is 5. The van der Waals surface area contributed by atoms with Crippen LogP contribution in [0.4, 0.5) is 11.4 Å². The number of fused-ring (bicyclic) bond motifs is 6. The molecule has 0 aliphatic carbocycles. The van der Waals surface area contributed by atoms with Gasteiger partial charge < -0.3 is 9.73 Å². The van der Waals surface area contributed by atoms with Crippen LogP contribution in [0.25, 0.3) is 53.2 Å². The highest BCUT2D eigenvalue weighted by molar-refractivity contribution is 7.25. The summed E-state index contributed by atoms with van der Waals surface area (Å²) in [5.74, 6) is 0. The van der Waals surface area contributed by atoms with E-state index in [2.05, 4.69) is 96.3 Å². The Kier molecular flexibility index (Phi) is 4.05. The van der Waals surface area contributed by atoms with E-state index in [0.717, 1.165) is 44.4 Å². The van der Waals surface area contributed by atoms with Gasteiger partial charge in [0, 0.05) is 36.8 Å². The Hall–Kier alpha value is -4.08. The zero-order valence-electron chi connectivity index (χ0n) is 17.7. The number of hydrogen-bond donors (Lipinski definition) is 1. The predicted octanol–water partition coefficient (Wildman–Crippen LogP) is 9.36. The summed E-state index contributed by atoms with van der Waals surface area (Å²) in [5.41, 5.74) is 6.20. The molecular weight excluding hydrogens is 422 g/mol. The van der Waals surface area contributed by atoms with Crippen molar-refractivity contribution >= 4 is 64.8 Å². The molecule has 2 aromatic heterocycles. The lowest BCUT2D eigenvalue weighted by molar-refractivity contribution is 0.670. The van der Waals surface area contributed by atoms with Gasteiger partial charge in [-0.2, -0.15) is 0 Å². The Morgan fingerprint density at radius 1 is 0.606 bits per heavy atom. The zero-order valence-corrected chi connectivity index (χ0v) is 18.5. The minimum atomic E-state index is 0.902. The first kappa shape index (κ1) is 18.5. The van der Waals surface area contributed by atoms with Crippen LogP contribution >= 0.6 is 11.3 Å². The number of anilines is 2. The number of hydrogen-bond acceptors (Lipinski definition) is 3. The Morgan fingerprint density at radius 2 is 1.36 bits per heavy atom. The molecule has 2 heterocycles. The fourth-order valence-corrected chi connectivity index (χ4v) is 5.88. The molecule has 5 aromatic carbocycles. The smallest absolute Gasteiger partial charge is 0.145 e. The molecular formula is C30H19NOS. The second-order valence-electron chi connectivity index (χ2n) is 8.26. The van der Waals surface area contributed by atoms with Gasteiger partial charge in [0.15, 0.2) is 0 Å². The summed E-state index contributed by atoms with van der Waals surface area (Å²) in [6, 6.07) is 38.3. The Labute approximate surface area is 194 Å². The predicted molar refractivity (Wildman–Crippen MR) is 142 cm³/mol. The molecule has 33 heavy (non-hydrogen) atoms. The molecule has 3 heteroatoms. The second-order valence-corrected chi connectivity index (χ2v) is 9.35. The van der Waals surface area contributed by atoms with Gasteiger partial charge in [0.2, 0.25) is 0 Å². The van der Waals surface area contributed by atoms with Gasteiger partial charge in [-0.15, -0.1) is 11.3 Å². The molecule has 0 fully saturated rings. The highest BCUT2D eigenvalue weighted by Gasteiger charge is 2.16.